The van der Waals surface area contributed by atoms with E-state index in [4.69, 9.17) is 4.74 Å². The maximum absolute atomic E-state index is 12.1. The van der Waals surface area contributed by atoms with E-state index in [9.17, 15) is 23.3 Å². The Morgan fingerprint density at radius 1 is 1.20 bits per heavy atom. The lowest BCUT2D eigenvalue weighted by atomic mass is 10.2. The third-order valence-electron chi connectivity index (χ3n) is 2.92. The summed E-state index contributed by atoms with van der Waals surface area (Å²) in [6.45, 7) is 5.70. The van der Waals surface area contributed by atoms with Crippen molar-refractivity contribution >= 4 is 21.8 Å². The zero-order chi connectivity index (χ0) is 19.1. The molecule has 0 radical (unpaired) electrons. The molecule has 0 aliphatic rings. The Balaban J connectivity index is 2.41. The number of para-hydroxylation sites is 1. The van der Waals surface area contributed by atoms with Gasteiger partial charge in [-0.1, -0.05) is 12.1 Å². The number of nitrogens with one attached hydrogen (secondary N) is 2. The van der Waals surface area contributed by atoms with Crippen LogP contribution < -0.4 is 10.0 Å². The van der Waals surface area contributed by atoms with Crippen molar-refractivity contribution in [3.63, 3.8) is 0 Å². The number of carbonyl (C=O) groups excluding carboxylic acids is 1. The summed E-state index contributed by atoms with van der Waals surface area (Å²) >= 11 is 0. The Hall–Kier alpha value is -2.20. The third-order valence-corrected chi connectivity index (χ3v) is 4.42. The predicted octanol–water partition coefficient (Wildman–Crippen LogP) is 2.18. The van der Waals surface area contributed by atoms with Crippen LogP contribution in [0.25, 0.3) is 0 Å². The van der Waals surface area contributed by atoms with E-state index in [1.807, 2.05) is 0 Å². The quantitative estimate of drug-likeness (QED) is 0.408. The fourth-order valence-electron chi connectivity index (χ4n) is 1.87. The smallest absolute Gasteiger partial charge is 0.407 e. The van der Waals surface area contributed by atoms with Gasteiger partial charge in [0.1, 0.15) is 5.60 Å². The first-order chi connectivity index (χ1) is 11.5. The normalized spacial score (nSPS) is 11.8. The van der Waals surface area contributed by atoms with Crippen LogP contribution in [0, 0.1) is 10.1 Å². The lowest BCUT2D eigenvalue weighted by molar-refractivity contribution is -0.387. The molecule has 0 atom stereocenters. The average molecular weight is 373 g/mol. The largest absolute Gasteiger partial charge is 0.444 e. The number of benzene rings is 1. The van der Waals surface area contributed by atoms with E-state index in [-0.39, 0.29) is 11.4 Å². The zero-order valence-corrected chi connectivity index (χ0v) is 15.3. The van der Waals surface area contributed by atoms with Crippen LogP contribution in [-0.2, 0) is 14.8 Å². The van der Waals surface area contributed by atoms with Crippen LogP contribution in [-0.4, -0.2) is 38.1 Å². The molecule has 140 valence electrons. The lowest BCUT2D eigenvalue weighted by Gasteiger charge is -2.19. The average Bonchev–Trinajstić information content (AvgIpc) is 2.49. The van der Waals surface area contributed by atoms with E-state index in [0.717, 1.165) is 6.07 Å². The maximum atomic E-state index is 12.1. The van der Waals surface area contributed by atoms with Crippen molar-refractivity contribution in [1.82, 2.24) is 10.0 Å². The van der Waals surface area contributed by atoms with Crippen LogP contribution in [0.4, 0.5) is 10.5 Å². The van der Waals surface area contributed by atoms with Gasteiger partial charge < -0.3 is 10.1 Å². The minimum absolute atomic E-state index is 0.102. The maximum Gasteiger partial charge on any atom is 0.407 e. The third kappa shape index (κ3) is 7.48. The Morgan fingerprint density at radius 2 is 1.80 bits per heavy atom. The van der Waals surface area contributed by atoms with Gasteiger partial charge in [0.15, 0.2) is 4.90 Å². The van der Waals surface area contributed by atoms with Gasteiger partial charge in [0, 0.05) is 19.2 Å². The first kappa shape index (κ1) is 20.8. The fourth-order valence-corrected chi connectivity index (χ4v) is 3.12. The highest BCUT2D eigenvalue weighted by atomic mass is 32.2. The zero-order valence-electron chi connectivity index (χ0n) is 14.4. The topological polar surface area (TPSA) is 128 Å². The summed E-state index contributed by atoms with van der Waals surface area (Å²) in [5, 5.41) is 13.5. The molecular weight excluding hydrogens is 350 g/mol. The van der Waals surface area contributed by atoms with Gasteiger partial charge in [-0.2, -0.15) is 0 Å². The molecule has 0 unspecified atom stereocenters. The van der Waals surface area contributed by atoms with E-state index in [0.29, 0.717) is 19.4 Å². The summed E-state index contributed by atoms with van der Waals surface area (Å²) in [4.78, 5) is 21.2. The molecule has 0 aliphatic carbocycles. The van der Waals surface area contributed by atoms with Crippen molar-refractivity contribution in [2.75, 3.05) is 13.1 Å². The van der Waals surface area contributed by atoms with Crippen molar-refractivity contribution in [2.24, 2.45) is 0 Å². The van der Waals surface area contributed by atoms with E-state index >= 15 is 0 Å². The molecule has 9 nitrogen and oxygen atoms in total. The number of unbranched alkanes of at least 4 members (excludes halogenated alkanes) is 1. The summed E-state index contributed by atoms with van der Waals surface area (Å²) < 4.78 is 31.7. The highest BCUT2D eigenvalue weighted by molar-refractivity contribution is 7.89. The molecule has 0 saturated carbocycles. The van der Waals surface area contributed by atoms with Gasteiger partial charge in [-0.05, 0) is 39.7 Å². The van der Waals surface area contributed by atoms with Crippen molar-refractivity contribution in [2.45, 2.75) is 44.1 Å². The number of hydrogen-bond acceptors (Lipinski definition) is 6. The SMILES string of the molecule is CC(C)(C)OC(=O)NCCCCNS(=O)(=O)c1ccccc1[N+](=O)[O-]. The number of sulfonamides is 1. The van der Waals surface area contributed by atoms with Crippen molar-refractivity contribution in [1.29, 1.82) is 0 Å². The molecule has 0 fully saturated rings. The lowest BCUT2D eigenvalue weighted by Crippen LogP contribution is -2.33. The number of alkyl carbamates (subject to hydrolysis) is 1. The summed E-state index contributed by atoms with van der Waals surface area (Å²) in [5.74, 6) is 0. The Morgan fingerprint density at radius 3 is 2.40 bits per heavy atom. The van der Waals surface area contributed by atoms with Crippen LogP contribution in [0.5, 0.6) is 0 Å². The van der Waals surface area contributed by atoms with Gasteiger partial charge in [0.2, 0.25) is 10.0 Å². The molecule has 1 aromatic rings. The number of ether oxygens (including phenoxy) is 1. The van der Waals surface area contributed by atoms with Crippen LogP contribution in [0.1, 0.15) is 33.6 Å². The van der Waals surface area contributed by atoms with E-state index in [1.54, 1.807) is 20.8 Å². The molecule has 2 N–H and O–H groups in total. The molecule has 0 spiro atoms. The molecule has 1 amide bonds. The minimum atomic E-state index is -3.97. The fraction of sp³-hybridized carbons (Fsp3) is 0.533. The van der Waals surface area contributed by atoms with E-state index in [1.165, 1.54) is 18.2 Å². The predicted molar refractivity (Wildman–Crippen MR) is 91.8 cm³/mol. The number of nitrogens with zero attached hydrogens (tertiary/aromatic N) is 1. The summed E-state index contributed by atoms with van der Waals surface area (Å²) in [5.41, 5.74) is -1.05. The second kappa shape index (κ2) is 8.77. The molecule has 1 rings (SSSR count). The summed E-state index contributed by atoms with van der Waals surface area (Å²) in [6.07, 6.45) is 0.446. The standard InChI is InChI=1S/C15H23N3O6S/c1-15(2,3)24-14(19)16-10-6-7-11-17-25(22,23)13-9-5-4-8-12(13)18(20)21/h4-5,8-9,17H,6-7,10-11H2,1-3H3,(H,16,19). The van der Waals surface area contributed by atoms with Gasteiger partial charge in [0.25, 0.3) is 5.69 Å². The molecule has 1 aromatic carbocycles. The highest BCUT2D eigenvalue weighted by Crippen LogP contribution is 2.22. The first-order valence-electron chi connectivity index (χ1n) is 7.73. The van der Waals surface area contributed by atoms with Crippen LogP contribution in [0.3, 0.4) is 0 Å². The molecule has 0 saturated heterocycles. The Labute approximate surface area is 147 Å². The molecule has 25 heavy (non-hydrogen) atoms. The number of nitro groups is 1. The van der Waals surface area contributed by atoms with Crippen LogP contribution >= 0.6 is 0 Å². The van der Waals surface area contributed by atoms with Crippen molar-refractivity contribution in [3.8, 4) is 0 Å². The van der Waals surface area contributed by atoms with E-state index < -0.39 is 32.3 Å². The molecule has 0 bridgehead atoms. The monoisotopic (exact) mass is 373 g/mol. The van der Waals surface area contributed by atoms with Gasteiger partial charge >= 0.3 is 6.09 Å². The van der Waals surface area contributed by atoms with Crippen molar-refractivity contribution in [3.05, 3.63) is 34.4 Å². The van der Waals surface area contributed by atoms with Crippen LogP contribution in [0.2, 0.25) is 0 Å². The second-order valence-electron chi connectivity index (χ2n) is 6.26. The molecule has 0 heterocycles. The highest BCUT2D eigenvalue weighted by Gasteiger charge is 2.24. The van der Waals surface area contributed by atoms with Gasteiger partial charge in [0.05, 0.1) is 4.92 Å². The number of hydrogen-bond donors (Lipinski definition) is 2. The van der Waals surface area contributed by atoms with Gasteiger partial charge in [-0.3, -0.25) is 10.1 Å². The second-order valence-corrected chi connectivity index (χ2v) is 7.99. The van der Waals surface area contributed by atoms with Crippen LogP contribution in [0.15, 0.2) is 29.2 Å². The summed E-state index contributed by atoms with van der Waals surface area (Å²) in [7, 11) is -3.97. The Bertz CT molecular complexity index is 712. The number of nitro benzene ring substituents is 1. The molecular formula is C15H23N3O6S. The molecule has 0 aliphatic heterocycles. The minimum Gasteiger partial charge on any atom is -0.444 e. The van der Waals surface area contributed by atoms with E-state index in [2.05, 4.69) is 10.0 Å². The Kier molecular flexibility index (Phi) is 7.31. The summed E-state index contributed by atoms with van der Waals surface area (Å²) in [6, 6.07) is 5.15. The number of carbonyl (C=O) groups is 1. The van der Waals surface area contributed by atoms with Gasteiger partial charge in [-0.15, -0.1) is 0 Å². The number of rotatable bonds is 8. The first-order valence-corrected chi connectivity index (χ1v) is 9.21. The molecule has 0 aromatic heterocycles. The molecule has 10 heteroatoms. The van der Waals surface area contributed by atoms with Crippen molar-refractivity contribution < 1.29 is 22.9 Å². The van der Waals surface area contributed by atoms with Gasteiger partial charge in [-0.25, -0.2) is 17.9 Å². The number of amides is 1.